The molecule has 1 atom stereocenters. The van der Waals surface area contributed by atoms with E-state index in [0.717, 1.165) is 35.3 Å². The van der Waals surface area contributed by atoms with Gasteiger partial charge in [0.2, 0.25) is 11.8 Å². The number of carbonyl (C=O) groups excluding carboxylic acids is 2. The van der Waals surface area contributed by atoms with Gasteiger partial charge in [-0.2, -0.15) is 5.10 Å². The van der Waals surface area contributed by atoms with E-state index in [1.165, 1.54) is 0 Å². The second-order valence-electron chi connectivity index (χ2n) is 9.75. The lowest BCUT2D eigenvalue weighted by Crippen LogP contribution is -2.42. The molecule has 2 amide bonds. The monoisotopic (exact) mass is 512 g/mol. The summed E-state index contributed by atoms with van der Waals surface area (Å²) in [5, 5.41) is 14.2. The van der Waals surface area contributed by atoms with Crippen LogP contribution in [0.4, 0.5) is 0 Å². The van der Waals surface area contributed by atoms with Crippen molar-refractivity contribution in [1.82, 2.24) is 24.2 Å². The summed E-state index contributed by atoms with van der Waals surface area (Å²) < 4.78 is 3.68. The number of aryl methyl sites for hydroxylation is 2. The Morgan fingerprint density at radius 3 is 2.63 bits per heavy atom. The molecule has 4 aromatic rings. The van der Waals surface area contributed by atoms with Crippen molar-refractivity contribution in [3.8, 4) is 28.2 Å². The molecular formula is C29H32N6O3. The maximum absolute atomic E-state index is 12.7. The number of hydrogen-bond donors (Lipinski definition) is 2. The third kappa shape index (κ3) is 5.38. The number of hydrogen-bond acceptors (Lipinski definition) is 5. The zero-order valence-electron chi connectivity index (χ0n) is 21.5. The number of benzene rings is 2. The number of aliphatic hydroxyl groups is 1. The number of nitrogens with two attached hydrogens (primary N) is 1. The fourth-order valence-electron chi connectivity index (χ4n) is 5.07. The number of likely N-dealkylation sites (tertiary alicyclic amines) is 1. The van der Waals surface area contributed by atoms with Gasteiger partial charge in [0.1, 0.15) is 5.82 Å². The van der Waals surface area contributed by atoms with E-state index >= 15 is 0 Å². The van der Waals surface area contributed by atoms with Gasteiger partial charge < -0.3 is 15.7 Å². The number of carbonyl (C=O) groups is 2. The van der Waals surface area contributed by atoms with Crippen LogP contribution >= 0.6 is 0 Å². The van der Waals surface area contributed by atoms with Crippen LogP contribution in [0.1, 0.15) is 41.7 Å². The van der Waals surface area contributed by atoms with E-state index < -0.39 is 12.0 Å². The number of para-hydroxylation sites is 1. The van der Waals surface area contributed by atoms with Crippen LogP contribution in [0.2, 0.25) is 0 Å². The highest BCUT2D eigenvalue weighted by Gasteiger charge is 2.24. The summed E-state index contributed by atoms with van der Waals surface area (Å²) >= 11 is 0. The molecule has 9 heteroatoms. The lowest BCUT2D eigenvalue weighted by Gasteiger charge is -2.30. The zero-order valence-corrected chi connectivity index (χ0v) is 21.5. The smallest absolute Gasteiger partial charge is 0.249 e. The van der Waals surface area contributed by atoms with Crippen LogP contribution in [0.25, 0.3) is 28.2 Å². The average Bonchev–Trinajstić information content (AvgIpc) is 3.55. The lowest BCUT2D eigenvalue weighted by atomic mass is 9.96. The summed E-state index contributed by atoms with van der Waals surface area (Å²) in [4.78, 5) is 32.0. The van der Waals surface area contributed by atoms with Gasteiger partial charge in [0.05, 0.1) is 23.6 Å². The Hall–Kier alpha value is -4.24. The van der Waals surface area contributed by atoms with Crippen LogP contribution in [-0.4, -0.2) is 60.3 Å². The van der Waals surface area contributed by atoms with Gasteiger partial charge in [-0.1, -0.05) is 30.3 Å². The predicted molar refractivity (Wildman–Crippen MR) is 144 cm³/mol. The first-order valence-corrected chi connectivity index (χ1v) is 12.9. The molecule has 0 radical (unpaired) electrons. The minimum Gasteiger partial charge on any atom is -0.391 e. The van der Waals surface area contributed by atoms with Gasteiger partial charge in [-0.3, -0.25) is 18.8 Å². The Labute approximate surface area is 221 Å². The second kappa shape index (κ2) is 11.0. The molecule has 1 unspecified atom stereocenters. The van der Waals surface area contributed by atoms with Gasteiger partial charge in [0.25, 0.3) is 0 Å². The minimum absolute atomic E-state index is 0.0596. The molecule has 1 saturated heterocycles. The van der Waals surface area contributed by atoms with E-state index in [1.807, 2.05) is 66.5 Å². The quantitative estimate of drug-likeness (QED) is 0.375. The van der Waals surface area contributed by atoms with Crippen molar-refractivity contribution in [2.75, 3.05) is 13.1 Å². The SMILES string of the molecule is Cn1cc(-c2cccc(C(N)=O)c2-c2nc(CCCC(=O)N3CCCC(O)C3)cn2-c2ccccc2)cn1. The number of aromatic nitrogens is 4. The van der Waals surface area contributed by atoms with Crippen molar-refractivity contribution in [3.05, 3.63) is 78.4 Å². The number of β-amino-alcohol motifs (C(OH)–C–C–N with tert-alkyl or cyclic N) is 1. The number of nitrogens with zero attached hydrogens (tertiary/aromatic N) is 5. The second-order valence-corrected chi connectivity index (χ2v) is 9.75. The highest BCUT2D eigenvalue weighted by molar-refractivity contribution is 6.03. The fourth-order valence-corrected chi connectivity index (χ4v) is 5.07. The average molecular weight is 513 g/mol. The molecule has 0 bridgehead atoms. The Morgan fingerprint density at radius 2 is 1.92 bits per heavy atom. The molecule has 0 saturated carbocycles. The number of primary amides is 1. The molecule has 38 heavy (non-hydrogen) atoms. The van der Waals surface area contributed by atoms with Gasteiger partial charge in [0.15, 0.2) is 0 Å². The van der Waals surface area contributed by atoms with Crippen LogP contribution in [0, 0.1) is 0 Å². The van der Waals surface area contributed by atoms with E-state index in [9.17, 15) is 14.7 Å². The summed E-state index contributed by atoms with van der Waals surface area (Å²) in [7, 11) is 1.84. The molecule has 3 N–H and O–H groups in total. The van der Waals surface area contributed by atoms with Gasteiger partial charge in [-0.05, 0) is 49.4 Å². The largest absolute Gasteiger partial charge is 0.391 e. The molecule has 2 aromatic heterocycles. The normalized spacial score (nSPS) is 15.5. The number of aliphatic hydroxyl groups excluding tert-OH is 1. The molecule has 1 aliphatic heterocycles. The highest BCUT2D eigenvalue weighted by atomic mass is 16.3. The van der Waals surface area contributed by atoms with E-state index in [4.69, 9.17) is 10.7 Å². The fraction of sp³-hybridized carbons (Fsp3) is 0.310. The molecule has 0 aliphatic carbocycles. The van der Waals surface area contributed by atoms with Crippen molar-refractivity contribution in [2.24, 2.45) is 12.8 Å². The zero-order chi connectivity index (χ0) is 26.6. The molecule has 3 heterocycles. The molecule has 196 valence electrons. The first kappa shape index (κ1) is 25.4. The summed E-state index contributed by atoms with van der Waals surface area (Å²) in [5.74, 6) is 0.124. The first-order chi connectivity index (χ1) is 18.4. The third-order valence-electron chi connectivity index (χ3n) is 6.93. The van der Waals surface area contributed by atoms with Crippen LogP contribution in [-0.2, 0) is 18.3 Å². The Kier molecular flexibility index (Phi) is 7.37. The maximum Gasteiger partial charge on any atom is 0.249 e. The third-order valence-corrected chi connectivity index (χ3v) is 6.93. The van der Waals surface area contributed by atoms with Gasteiger partial charge in [-0.15, -0.1) is 0 Å². The molecule has 5 rings (SSSR count). The number of imidazole rings is 1. The minimum atomic E-state index is -0.538. The van der Waals surface area contributed by atoms with Crippen molar-refractivity contribution in [3.63, 3.8) is 0 Å². The summed E-state index contributed by atoms with van der Waals surface area (Å²) in [6.07, 6.45) is 8.36. The van der Waals surface area contributed by atoms with E-state index in [1.54, 1.807) is 21.8 Å². The molecule has 1 aliphatic rings. The van der Waals surface area contributed by atoms with Crippen LogP contribution in [0.3, 0.4) is 0 Å². The van der Waals surface area contributed by atoms with Crippen LogP contribution in [0.5, 0.6) is 0 Å². The summed E-state index contributed by atoms with van der Waals surface area (Å²) in [6.45, 7) is 1.11. The van der Waals surface area contributed by atoms with Crippen LogP contribution < -0.4 is 5.73 Å². The topological polar surface area (TPSA) is 119 Å². The van der Waals surface area contributed by atoms with Crippen molar-refractivity contribution in [2.45, 2.75) is 38.2 Å². The molecule has 9 nitrogen and oxygen atoms in total. The number of amides is 2. The molecule has 1 fully saturated rings. The van der Waals surface area contributed by atoms with Crippen LogP contribution in [0.15, 0.2) is 67.1 Å². The van der Waals surface area contributed by atoms with E-state index in [0.29, 0.717) is 49.3 Å². The Bertz CT molecular complexity index is 1440. The van der Waals surface area contributed by atoms with E-state index in [2.05, 4.69) is 5.10 Å². The molecule has 0 spiro atoms. The number of piperidine rings is 1. The first-order valence-electron chi connectivity index (χ1n) is 12.9. The van der Waals surface area contributed by atoms with Crippen molar-refractivity contribution >= 4 is 11.8 Å². The molecule has 2 aromatic carbocycles. The lowest BCUT2D eigenvalue weighted by molar-refractivity contribution is -0.134. The maximum atomic E-state index is 12.7. The van der Waals surface area contributed by atoms with Crippen molar-refractivity contribution < 1.29 is 14.7 Å². The van der Waals surface area contributed by atoms with Gasteiger partial charge >= 0.3 is 0 Å². The summed E-state index contributed by atoms with van der Waals surface area (Å²) in [6, 6.07) is 15.3. The summed E-state index contributed by atoms with van der Waals surface area (Å²) in [5.41, 5.74) is 10.2. The van der Waals surface area contributed by atoms with Crippen molar-refractivity contribution in [1.29, 1.82) is 0 Å². The van der Waals surface area contributed by atoms with E-state index in [-0.39, 0.29) is 5.91 Å². The van der Waals surface area contributed by atoms with Gasteiger partial charge in [0, 0.05) is 55.8 Å². The predicted octanol–water partition coefficient (Wildman–Crippen LogP) is 3.34. The Morgan fingerprint density at radius 1 is 1.11 bits per heavy atom. The standard InChI is InChI=1S/C29H32N6O3/c1-33-17-20(16-31-33)24-12-6-13-25(28(30)38)27(24)29-32-21(18-35(29)22-9-3-2-4-10-22)8-5-14-26(37)34-15-7-11-23(36)19-34/h2-4,6,9-10,12-13,16-18,23,36H,5,7-8,11,14-15,19H2,1H3,(H2,30,38). The Balaban J connectivity index is 1.50. The highest BCUT2D eigenvalue weighted by Crippen LogP contribution is 2.36. The van der Waals surface area contributed by atoms with Gasteiger partial charge in [-0.25, -0.2) is 4.98 Å². The molecular weight excluding hydrogens is 480 g/mol. The number of rotatable bonds is 8.